The number of hydrogen-bond donors (Lipinski definition) is 2. The van der Waals surface area contributed by atoms with Crippen molar-refractivity contribution in [2.75, 3.05) is 6.61 Å². The molecule has 2 N–H and O–H groups in total. The molecule has 0 saturated carbocycles. The summed E-state index contributed by atoms with van der Waals surface area (Å²) in [5, 5.41) is 13.6. The van der Waals surface area contributed by atoms with Crippen LogP contribution in [-0.4, -0.2) is 23.8 Å². The number of nitrogens with one attached hydrogen (secondary N) is 1. The molecule has 1 amide bonds. The van der Waals surface area contributed by atoms with Gasteiger partial charge >= 0.3 is 0 Å². The predicted octanol–water partition coefficient (Wildman–Crippen LogP) is 4.29. The van der Waals surface area contributed by atoms with Crippen molar-refractivity contribution in [2.45, 2.75) is 33.1 Å². The molecule has 0 aliphatic rings. The number of phenolic OH excluding ortho intramolecular Hbond substituents is 1. The molecular weight excluding hydrogens is 396 g/mol. The Morgan fingerprint density at radius 2 is 2.00 bits per heavy atom. The number of ether oxygens (including phenoxy) is 1. The molecule has 0 heterocycles. The Balaban J connectivity index is 1.91. The third-order valence-electron chi connectivity index (χ3n) is 3.78. The highest BCUT2D eigenvalue weighted by molar-refractivity contribution is 9.10. The second kappa shape index (κ2) is 8.36. The van der Waals surface area contributed by atoms with Crippen LogP contribution in [0, 0.1) is 6.92 Å². The van der Waals surface area contributed by atoms with Crippen LogP contribution in [0.2, 0.25) is 0 Å². The Kier molecular flexibility index (Phi) is 6.42. The van der Waals surface area contributed by atoms with Gasteiger partial charge in [-0.15, -0.1) is 0 Å². The molecule has 6 heteroatoms. The first-order valence-electron chi connectivity index (χ1n) is 8.21. The number of nitrogens with zero attached hydrogens (tertiary/aromatic N) is 1. The number of aromatic hydroxyl groups is 1. The van der Waals surface area contributed by atoms with Crippen LogP contribution in [0.15, 0.2) is 46.0 Å². The molecular formula is C20H23BrN2O3. The first-order chi connectivity index (χ1) is 12.2. The molecule has 0 aromatic heterocycles. The zero-order chi connectivity index (χ0) is 19.3. The van der Waals surface area contributed by atoms with E-state index >= 15 is 0 Å². The van der Waals surface area contributed by atoms with E-state index in [2.05, 4.69) is 53.3 Å². The minimum absolute atomic E-state index is 0.0629. The SMILES string of the molecule is Cc1cc(C(C)(C)C)ccc1OCC(=O)N/N=C\c1cc(Br)ccc1O. The molecule has 0 bridgehead atoms. The lowest BCUT2D eigenvalue weighted by atomic mass is 9.86. The topological polar surface area (TPSA) is 70.9 Å². The summed E-state index contributed by atoms with van der Waals surface area (Å²) in [7, 11) is 0. The van der Waals surface area contributed by atoms with Gasteiger partial charge in [0.25, 0.3) is 5.91 Å². The van der Waals surface area contributed by atoms with Crippen molar-refractivity contribution in [2.24, 2.45) is 5.10 Å². The van der Waals surface area contributed by atoms with E-state index in [-0.39, 0.29) is 23.7 Å². The van der Waals surface area contributed by atoms with E-state index in [0.717, 1.165) is 10.0 Å². The third-order valence-corrected chi connectivity index (χ3v) is 4.28. The lowest BCUT2D eigenvalue weighted by Gasteiger charge is -2.20. The fraction of sp³-hybridized carbons (Fsp3) is 0.300. The van der Waals surface area contributed by atoms with E-state index in [1.165, 1.54) is 11.8 Å². The molecule has 0 unspecified atom stereocenters. The molecule has 0 saturated heterocycles. The minimum atomic E-state index is -0.380. The number of phenols is 1. The van der Waals surface area contributed by atoms with E-state index in [4.69, 9.17) is 4.74 Å². The molecule has 5 nitrogen and oxygen atoms in total. The van der Waals surface area contributed by atoms with E-state index in [9.17, 15) is 9.90 Å². The number of benzene rings is 2. The van der Waals surface area contributed by atoms with Crippen LogP contribution in [0.4, 0.5) is 0 Å². The third kappa shape index (κ3) is 5.59. The number of carbonyl (C=O) groups is 1. The van der Waals surface area contributed by atoms with Gasteiger partial charge < -0.3 is 9.84 Å². The first-order valence-corrected chi connectivity index (χ1v) is 9.00. The summed E-state index contributed by atoms with van der Waals surface area (Å²) in [5.41, 5.74) is 5.13. The van der Waals surface area contributed by atoms with Crippen molar-refractivity contribution in [1.29, 1.82) is 0 Å². The molecule has 0 aliphatic heterocycles. The van der Waals surface area contributed by atoms with Gasteiger partial charge in [-0.1, -0.05) is 48.8 Å². The molecule has 2 aromatic carbocycles. The number of hydrogen-bond acceptors (Lipinski definition) is 4. The number of hydrazone groups is 1. The lowest BCUT2D eigenvalue weighted by molar-refractivity contribution is -0.123. The molecule has 138 valence electrons. The fourth-order valence-corrected chi connectivity index (χ4v) is 2.63. The van der Waals surface area contributed by atoms with Gasteiger partial charge in [-0.25, -0.2) is 5.43 Å². The summed E-state index contributed by atoms with van der Waals surface area (Å²) < 4.78 is 6.38. The Hall–Kier alpha value is -2.34. The van der Waals surface area contributed by atoms with Crippen LogP contribution >= 0.6 is 15.9 Å². The number of aryl methyl sites for hydroxylation is 1. The molecule has 0 aliphatic carbocycles. The molecule has 0 radical (unpaired) electrons. The van der Waals surface area contributed by atoms with Gasteiger partial charge in [0.1, 0.15) is 11.5 Å². The zero-order valence-electron chi connectivity index (χ0n) is 15.3. The second-order valence-electron chi connectivity index (χ2n) is 7.02. The molecule has 0 spiro atoms. The van der Waals surface area contributed by atoms with Gasteiger partial charge in [0.15, 0.2) is 6.61 Å². The van der Waals surface area contributed by atoms with E-state index in [1.807, 2.05) is 19.1 Å². The first kappa shape index (κ1) is 20.0. The maximum absolute atomic E-state index is 11.9. The van der Waals surface area contributed by atoms with Crippen molar-refractivity contribution in [3.8, 4) is 11.5 Å². The van der Waals surface area contributed by atoms with Gasteiger partial charge in [0, 0.05) is 10.0 Å². The highest BCUT2D eigenvalue weighted by Crippen LogP contribution is 2.27. The highest BCUT2D eigenvalue weighted by atomic mass is 79.9. The van der Waals surface area contributed by atoms with E-state index < -0.39 is 0 Å². The number of amides is 1. The molecule has 2 aromatic rings. The average molecular weight is 419 g/mol. The monoisotopic (exact) mass is 418 g/mol. The Morgan fingerprint density at radius 3 is 2.65 bits per heavy atom. The van der Waals surface area contributed by atoms with Crippen LogP contribution in [-0.2, 0) is 10.2 Å². The smallest absolute Gasteiger partial charge is 0.277 e. The summed E-state index contributed by atoms with van der Waals surface area (Å²) in [5.74, 6) is 0.369. The number of rotatable bonds is 5. The molecule has 26 heavy (non-hydrogen) atoms. The van der Waals surface area contributed by atoms with Crippen molar-refractivity contribution < 1.29 is 14.6 Å². The largest absolute Gasteiger partial charge is 0.507 e. The van der Waals surface area contributed by atoms with Gasteiger partial charge in [-0.3, -0.25) is 4.79 Å². The van der Waals surface area contributed by atoms with Gasteiger partial charge in [0.2, 0.25) is 0 Å². The van der Waals surface area contributed by atoms with Gasteiger partial charge in [-0.2, -0.15) is 5.10 Å². The average Bonchev–Trinajstić information content (AvgIpc) is 2.56. The Bertz CT molecular complexity index is 826. The maximum atomic E-state index is 11.9. The summed E-state index contributed by atoms with van der Waals surface area (Å²) in [6, 6.07) is 10.9. The van der Waals surface area contributed by atoms with Crippen LogP contribution in [0.1, 0.15) is 37.5 Å². The maximum Gasteiger partial charge on any atom is 0.277 e. The quantitative estimate of drug-likeness (QED) is 0.561. The predicted molar refractivity (Wildman–Crippen MR) is 107 cm³/mol. The van der Waals surface area contributed by atoms with Crippen LogP contribution < -0.4 is 10.2 Å². The normalized spacial score (nSPS) is 11.6. The molecule has 0 fully saturated rings. The van der Waals surface area contributed by atoms with Crippen molar-refractivity contribution >= 4 is 28.1 Å². The minimum Gasteiger partial charge on any atom is -0.507 e. The summed E-state index contributed by atoms with van der Waals surface area (Å²) in [6.45, 7) is 8.26. The number of halogens is 1. The fourth-order valence-electron chi connectivity index (χ4n) is 2.26. The molecule has 0 atom stereocenters. The summed E-state index contributed by atoms with van der Waals surface area (Å²) in [4.78, 5) is 11.9. The van der Waals surface area contributed by atoms with Gasteiger partial charge in [-0.05, 0) is 47.7 Å². The van der Waals surface area contributed by atoms with Crippen LogP contribution in [0.5, 0.6) is 11.5 Å². The number of carbonyl (C=O) groups excluding carboxylic acids is 1. The lowest BCUT2D eigenvalue weighted by Crippen LogP contribution is -2.24. The van der Waals surface area contributed by atoms with Crippen LogP contribution in [0.3, 0.4) is 0 Å². The van der Waals surface area contributed by atoms with Crippen molar-refractivity contribution in [3.63, 3.8) is 0 Å². The Morgan fingerprint density at radius 1 is 1.27 bits per heavy atom. The summed E-state index contributed by atoms with van der Waals surface area (Å²) in [6.07, 6.45) is 1.38. The van der Waals surface area contributed by atoms with Crippen molar-refractivity contribution in [1.82, 2.24) is 5.43 Å². The van der Waals surface area contributed by atoms with Gasteiger partial charge in [0.05, 0.1) is 6.21 Å². The van der Waals surface area contributed by atoms with Crippen molar-refractivity contribution in [3.05, 3.63) is 57.6 Å². The van der Waals surface area contributed by atoms with E-state index in [0.29, 0.717) is 11.3 Å². The highest BCUT2D eigenvalue weighted by Gasteiger charge is 2.15. The van der Waals surface area contributed by atoms with Crippen LogP contribution in [0.25, 0.3) is 0 Å². The van der Waals surface area contributed by atoms with E-state index in [1.54, 1.807) is 18.2 Å². The Labute approximate surface area is 162 Å². The summed E-state index contributed by atoms with van der Waals surface area (Å²) >= 11 is 3.31. The zero-order valence-corrected chi connectivity index (χ0v) is 16.9. The second-order valence-corrected chi connectivity index (χ2v) is 7.93. The standard InChI is InChI=1S/C20H23BrN2O3/c1-13-9-15(20(2,3)4)5-8-18(13)26-12-19(25)23-22-11-14-10-16(21)6-7-17(14)24/h5-11,24H,12H2,1-4H3,(H,23,25)/b22-11-. The molecule has 2 rings (SSSR count).